The Labute approximate surface area is 164 Å². The van der Waals surface area contributed by atoms with E-state index in [-0.39, 0.29) is 24.4 Å². The number of aryl methyl sites for hydroxylation is 1. The van der Waals surface area contributed by atoms with Crippen LogP contribution in [0.4, 0.5) is 0 Å². The molecule has 5 nitrogen and oxygen atoms in total. The molecule has 0 aliphatic heterocycles. The van der Waals surface area contributed by atoms with Gasteiger partial charge in [-0.15, -0.1) is 0 Å². The minimum Gasteiger partial charge on any atom is -0.356 e. The maximum absolute atomic E-state index is 12.1. The molecule has 0 atom stereocenters. The zero-order valence-corrected chi connectivity index (χ0v) is 16.0. The Hall–Kier alpha value is -2.40. The number of amides is 1. The van der Waals surface area contributed by atoms with Crippen LogP contribution in [0.1, 0.15) is 38.5 Å². The summed E-state index contributed by atoms with van der Waals surface area (Å²) in [7, 11) is 0. The van der Waals surface area contributed by atoms with Crippen LogP contribution in [0.3, 0.4) is 0 Å². The fourth-order valence-electron chi connectivity index (χ4n) is 3.17. The van der Waals surface area contributed by atoms with Gasteiger partial charge >= 0.3 is 0 Å². The molecule has 1 aliphatic rings. The van der Waals surface area contributed by atoms with Crippen LogP contribution >= 0.6 is 11.6 Å². The van der Waals surface area contributed by atoms with E-state index in [1.54, 1.807) is 18.2 Å². The lowest BCUT2D eigenvalue weighted by Crippen LogP contribution is -2.29. The quantitative estimate of drug-likeness (QED) is 0.733. The Morgan fingerprint density at radius 2 is 1.96 bits per heavy atom. The number of hydrogen-bond donors (Lipinski definition) is 1. The maximum Gasteiger partial charge on any atom is 0.266 e. The Morgan fingerprint density at radius 1 is 1.15 bits per heavy atom. The molecular weight excluding hydrogens is 362 g/mol. The summed E-state index contributed by atoms with van der Waals surface area (Å²) >= 11 is 5.91. The molecule has 3 rings (SSSR count). The Morgan fingerprint density at radius 3 is 2.70 bits per heavy atom. The molecule has 2 aromatic rings. The summed E-state index contributed by atoms with van der Waals surface area (Å²) in [6.45, 7) is 0.909. The van der Waals surface area contributed by atoms with Gasteiger partial charge in [-0.05, 0) is 50.3 Å². The van der Waals surface area contributed by atoms with Crippen LogP contribution in [0.2, 0.25) is 5.02 Å². The number of nitrogens with zero attached hydrogens (tertiary/aromatic N) is 2. The van der Waals surface area contributed by atoms with E-state index in [0.29, 0.717) is 17.3 Å². The predicted octanol–water partition coefficient (Wildman–Crippen LogP) is 3.96. The van der Waals surface area contributed by atoms with Gasteiger partial charge in [-0.1, -0.05) is 35.4 Å². The molecule has 1 heterocycles. The lowest BCUT2D eigenvalue weighted by Gasteiger charge is -2.13. The van der Waals surface area contributed by atoms with Crippen molar-refractivity contribution in [2.45, 2.75) is 45.1 Å². The standard InChI is InChI=1S/C21H24ClN3O2/c22-18-8-6-17(7-9-18)19-10-11-21(27)25(24-19)15-13-20(26)23-14-12-16-4-2-1-3-5-16/h4,6-11H,1-3,5,12-15H2,(H,23,26). The normalized spacial score (nSPS) is 13.9. The molecule has 0 fully saturated rings. The second-order valence-electron chi connectivity index (χ2n) is 6.74. The highest BCUT2D eigenvalue weighted by molar-refractivity contribution is 6.30. The molecule has 0 radical (unpaired) electrons. The number of aromatic nitrogens is 2. The van der Waals surface area contributed by atoms with Crippen molar-refractivity contribution >= 4 is 17.5 Å². The Kier molecular flexibility index (Phi) is 6.82. The van der Waals surface area contributed by atoms with Crippen molar-refractivity contribution < 1.29 is 4.79 Å². The van der Waals surface area contributed by atoms with Gasteiger partial charge in [0, 0.05) is 29.6 Å². The molecule has 0 spiro atoms. The van der Waals surface area contributed by atoms with E-state index in [9.17, 15) is 9.59 Å². The highest BCUT2D eigenvalue weighted by Crippen LogP contribution is 2.19. The third-order valence-electron chi connectivity index (χ3n) is 4.71. The topological polar surface area (TPSA) is 64.0 Å². The van der Waals surface area contributed by atoms with Gasteiger partial charge in [-0.3, -0.25) is 9.59 Å². The smallest absolute Gasteiger partial charge is 0.266 e. The highest BCUT2D eigenvalue weighted by Gasteiger charge is 2.08. The summed E-state index contributed by atoms with van der Waals surface area (Å²) in [5, 5.41) is 7.95. The largest absolute Gasteiger partial charge is 0.356 e. The van der Waals surface area contributed by atoms with Crippen LogP contribution in [0, 0.1) is 0 Å². The van der Waals surface area contributed by atoms with Gasteiger partial charge < -0.3 is 5.32 Å². The monoisotopic (exact) mass is 385 g/mol. The second kappa shape index (κ2) is 9.51. The van der Waals surface area contributed by atoms with Gasteiger partial charge in [0.05, 0.1) is 12.2 Å². The Balaban J connectivity index is 1.53. The zero-order valence-electron chi connectivity index (χ0n) is 15.3. The van der Waals surface area contributed by atoms with Gasteiger partial charge in [0.1, 0.15) is 0 Å². The third-order valence-corrected chi connectivity index (χ3v) is 4.96. The molecule has 1 aromatic heterocycles. The summed E-state index contributed by atoms with van der Waals surface area (Å²) in [6, 6.07) is 10.4. The van der Waals surface area contributed by atoms with E-state index in [1.807, 2.05) is 12.1 Å². The minimum atomic E-state index is -0.215. The number of allylic oxidation sites excluding steroid dienone is 1. The van der Waals surface area contributed by atoms with Crippen molar-refractivity contribution in [2.24, 2.45) is 0 Å². The first-order valence-corrected chi connectivity index (χ1v) is 9.78. The number of halogens is 1. The molecule has 0 saturated heterocycles. The van der Waals surface area contributed by atoms with E-state index in [2.05, 4.69) is 16.5 Å². The van der Waals surface area contributed by atoms with Gasteiger partial charge in [0.25, 0.3) is 5.56 Å². The summed E-state index contributed by atoms with van der Waals surface area (Å²) < 4.78 is 1.34. The maximum atomic E-state index is 12.1. The number of carbonyl (C=O) groups excluding carboxylic acids is 1. The zero-order chi connectivity index (χ0) is 19.1. The summed E-state index contributed by atoms with van der Waals surface area (Å²) in [5.74, 6) is -0.0583. The minimum absolute atomic E-state index is 0.0583. The van der Waals surface area contributed by atoms with E-state index in [1.165, 1.54) is 29.2 Å². The fourth-order valence-corrected chi connectivity index (χ4v) is 3.30. The molecule has 0 unspecified atom stereocenters. The van der Waals surface area contributed by atoms with Crippen LogP contribution in [0.25, 0.3) is 11.3 Å². The molecule has 1 aromatic carbocycles. The van der Waals surface area contributed by atoms with Crippen LogP contribution in [-0.2, 0) is 11.3 Å². The summed E-state index contributed by atoms with van der Waals surface area (Å²) in [4.78, 5) is 24.1. The number of hydrogen-bond acceptors (Lipinski definition) is 3. The predicted molar refractivity (Wildman–Crippen MR) is 108 cm³/mol. The first kappa shape index (κ1) is 19.4. The van der Waals surface area contributed by atoms with Crippen molar-refractivity contribution in [3.8, 4) is 11.3 Å². The first-order valence-electron chi connectivity index (χ1n) is 9.40. The lowest BCUT2D eigenvalue weighted by molar-refractivity contribution is -0.121. The lowest BCUT2D eigenvalue weighted by atomic mass is 9.97. The molecule has 0 saturated carbocycles. The molecule has 1 N–H and O–H groups in total. The number of carbonyl (C=O) groups is 1. The van der Waals surface area contributed by atoms with Crippen LogP contribution in [-0.4, -0.2) is 22.2 Å². The van der Waals surface area contributed by atoms with Crippen LogP contribution in [0.15, 0.2) is 52.8 Å². The van der Waals surface area contributed by atoms with Gasteiger partial charge in [-0.2, -0.15) is 5.10 Å². The van der Waals surface area contributed by atoms with Crippen LogP contribution < -0.4 is 10.9 Å². The molecule has 142 valence electrons. The molecule has 0 bridgehead atoms. The SMILES string of the molecule is O=C(CCn1nc(-c2ccc(Cl)cc2)ccc1=O)NCCC1=CCCCC1. The average molecular weight is 386 g/mol. The molecule has 27 heavy (non-hydrogen) atoms. The van der Waals surface area contributed by atoms with Crippen molar-refractivity contribution in [2.75, 3.05) is 6.54 Å². The van der Waals surface area contributed by atoms with E-state index >= 15 is 0 Å². The fraction of sp³-hybridized carbons (Fsp3) is 0.381. The molecular formula is C21H24ClN3O2. The summed E-state index contributed by atoms with van der Waals surface area (Å²) in [6.07, 6.45) is 8.26. The first-order chi connectivity index (χ1) is 13.1. The third kappa shape index (κ3) is 5.79. The van der Waals surface area contributed by atoms with Crippen molar-refractivity contribution in [1.82, 2.24) is 15.1 Å². The molecule has 1 amide bonds. The number of rotatable bonds is 7. The molecule has 1 aliphatic carbocycles. The van der Waals surface area contributed by atoms with Gasteiger partial charge in [0.2, 0.25) is 5.91 Å². The molecule has 6 heteroatoms. The van der Waals surface area contributed by atoms with Gasteiger partial charge in [-0.25, -0.2) is 4.68 Å². The van der Waals surface area contributed by atoms with E-state index in [0.717, 1.165) is 24.8 Å². The van der Waals surface area contributed by atoms with Crippen molar-refractivity contribution in [3.05, 3.63) is 63.4 Å². The summed E-state index contributed by atoms with van der Waals surface area (Å²) in [5.41, 5.74) is 2.78. The van der Waals surface area contributed by atoms with Crippen molar-refractivity contribution in [3.63, 3.8) is 0 Å². The highest BCUT2D eigenvalue weighted by atomic mass is 35.5. The average Bonchev–Trinajstić information content (AvgIpc) is 2.69. The van der Waals surface area contributed by atoms with E-state index in [4.69, 9.17) is 11.6 Å². The van der Waals surface area contributed by atoms with Crippen molar-refractivity contribution in [1.29, 1.82) is 0 Å². The Bertz CT molecular complexity index is 872. The number of nitrogens with one attached hydrogen (secondary N) is 1. The van der Waals surface area contributed by atoms with Gasteiger partial charge in [0.15, 0.2) is 0 Å². The number of benzene rings is 1. The van der Waals surface area contributed by atoms with E-state index < -0.39 is 0 Å². The van der Waals surface area contributed by atoms with Crippen LogP contribution in [0.5, 0.6) is 0 Å². The second-order valence-corrected chi connectivity index (χ2v) is 7.18.